The molecule has 0 aromatic carbocycles. The van der Waals surface area contributed by atoms with Crippen LogP contribution >= 0.6 is 22.7 Å². The summed E-state index contributed by atoms with van der Waals surface area (Å²) in [7, 11) is 3.30. The van der Waals surface area contributed by atoms with Gasteiger partial charge in [-0.1, -0.05) is 34.8 Å². The fraction of sp³-hybridized carbons (Fsp3) is 0.0833. The van der Waals surface area contributed by atoms with Crippen LogP contribution in [0.5, 0.6) is 10.1 Å². The van der Waals surface area contributed by atoms with Crippen molar-refractivity contribution in [3.05, 3.63) is 81.8 Å². The fourth-order valence-electron chi connectivity index (χ4n) is 2.54. The lowest BCUT2D eigenvalue weighted by Gasteiger charge is -2.01. The van der Waals surface area contributed by atoms with Gasteiger partial charge in [-0.25, -0.2) is 9.97 Å². The molecule has 6 heteroatoms. The average molecular weight is 429 g/mol. The Hall–Kier alpha value is -3.58. The molecule has 0 bridgehead atoms. The summed E-state index contributed by atoms with van der Waals surface area (Å²) in [5.41, 5.74) is 2.88. The third kappa shape index (κ3) is 4.87. The zero-order valence-corrected chi connectivity index (χ0v) is 17.9. The Bertz CT molecular complexity index is 1200. The number of thiophene rings is 2. The summed E-state index contributed by atoms with van der Waals surface area (Å²) < 4.78 is 10.4. The van der Waals surface area contributed by atoms with Crippen LogP contribution in [0.25, 0.3) is 11.4 Å². The molecule has 4 heterocycles. The lowest BCUT2D eigenvalue weighted by atomic mass is 10.2. The zero-order chi connectivity index (χ0) is 20.8. The summed E-state index contributed by atoms with van der Waals surface area (Å²) >= 11 is 3.01. The van der Waals surface area contributed by atoms with Gasteiger partial charge in [0.25, 0.3) is 0 Å². The first kappa shape index (κ1) is 19.7. The van der Waals surface area contributed by atoms with E-state index in [4.69, 9.17) is 9.47 Å². The predicted octanol–water partition coefficient (Wildman–Crippen LogP) is 5.08. The molecule has 0 fully saturated rings. The number of methoxy groups -OCH3 is 2. The van der Waals surface area contributed by atoms with Gasteiger partial charge in [-0.2, -0.15) is 0 Å². The van der Waals surface area contributed by atoms with Gasteiger partial charge in [-0.3, -0.25) is 0 Å². The molecule has 0 amide bonds. The maximum Gasteiger partial charge on any atom is 0.174 e. The molecule has 0 aliphatic rings. The standard InChI is InChI=1S/C24H16N2O2S2/c1-27-23-15-13-19(29-23)11-9-17-5-3-7-21(25-17)22-8-4-6-18(26-22)10-12-20-14-16-24(28-2)30-20/h3-8,13-16H,1-2H3. The Balaban J connectivity index is 1.56. The molecule has 0 spiro atoms. The van der Waals surface area contributed by atoms with Gasteiger partial charge >= 0.3 is 0 Å². The van der Waals surface area contributed by atoms with Gasteiger partial charge in [0.15, 0.2) is 10.1 Å². The predicted molar refractivity (Wildman–Crippen MR) is 121 cm³/mol. The van der Waals surface area contributed by atoms with Gasteiger partial charge in [0.1, 0.15) is 11.4 Å². The first-order valence-electron chi connectivity index (χ1n) is 9.00. The lowest BCUT2D eigenvalue weighted by Crippen LogP contribution is -1.92. The molecule has 4 aromatic heterocycles. The molecule has 0 unspecified atom stereocenters. The summed E-state index contributed by atoms with van der Waals surface area (Å²) in [4.78, 5) is 11.1. The van der Waals surface area contributed by atoms with E-state index in [1.807, 2.05) is 60.7 Å². The summed E-state index contributed by atoms with van der Waals surface area (Å²) in [6.07, 6.45) is 0. The van der Waals surface area contributed by atoms with Crippen LogP contribution in [0, 0.1) is 23.7 Å². The van der Waals surface area contributed by atoms with Crippen LogP contribution < -0.4 is 9.47 Å². The SMILES string of the molecule is COc1ccc(C#Cc2cccc(-c3cccc(C#Cc4ccc(OC)s4)n3)n2)s1. The van der Waals surface area contributed by atoms with Crippen molar-refractivity contribution in [1.82, 2.24) is 9.97 Å². The molecule has 4 aromatic rings. The van der Waals surface area contributed by atoms with Gasteiger partial charge in [0.2, 0.25) is 0 Å². The van der Waals surface area contributed by atoms with Crippen molar-refractivity contribution in [2.75, 3.05) is 14.2 Å². The summed E-state index contributed by atoms with van der Waals surface area (Å²) in [6, 6.07) is 19.2. The van der Waals surface area contributed by atoms with Crippen LogP contribution in [0.4, 0.5) is 0 Å². The minimum absolute atomic E-state index is 0.684. The lowest BCUT2D eigenvalue weighted by molar-refractivity contribution is 0.427. The number of hydrogen-bond donors (Lipinski definition) is 0. The van der Waals surface area contributed by atoms with Crippen LogP contribution in [-0.2, 0) is 0 Å². The van der Waals surface area contributed by atoms with E-state index in [2.05, 4.69) is 33.6 Å². The Morgan fingerprint density at radius 1 is 0.600 bits per heavy atom. The van der Waals surface area contributed by atoms with Crippen LogP contribution in [-0.4, -0.2) is 24.2 Å². The van der Waals surface area contributed by atoms with Gasteiger partial charge in [-0.15, -0.1) is 0 Å². The normalized spacial score (nSPS) is 9.80. The Morgan fingerprint density at radius 3 is 1.47 bits per heavy atom. The number of nitrogens with zero attached hydrogens (tertiary/aromatic N) is 2. The Kier molecular flexibility index (Phi) is 6.10. The average Bonchev–Trinajstić information content (AvgIpc) is 3.46. The highest BCUT2D eigenvalue weighted by molar-refractivity contribution is 7.14. The topological polar surface area (TPSA) is 44.2 Å². The molecule has 146 valence electrons. The minimum Gasteiger partial charge on any atom is -0.487 e. The van der Waals surface area contributed by atoms with Gasteiger partial charge in [-0.05, 0) is 72.2 Å². The number of hydrogen-bond acceptors (Lipinski definition) is 6. The summed E-state index contributed by atoms with van der Waals surface area (Å²) in [6.45, 7) is 0. The first-order chi connectivity index (χ1) is 14.7. The van der Waals surface area contributed by atoms with Crippen molar-refractivity contribution < 1.29 is 9.47 Å². The first-order valence-corrected chi connectivity index (χ1v) is 10.6. The molecule has 0 aliphatic heterocycles. The van der Waals surface area contributed by atoms with Crippen molar-refractivity contribution in [2.24, 2.45) is 0 Å². The largest absolute Gasteiger partial charge is 0.487 e. The molecule has 0 radical (unpaired) electrons. The zero-order valence-electron chi connectivity index (χ0n) is 16.3. The Morgan fingerprint density at radius 2 is 1.07 bits per heavy atom. The minimum atomic E-state index is 0.684. The maximum absolute atomic E-state index is 5.20. The van der Waals surface area contributed by atoms with E-state index in [9.17, 15) is 0 Å². The molecule has 4 nitrogen and oxygen atoms in total. The quantitative estimate of drug-likeness (QED) is 0.427. The van der Waals surface area contributed by atoms with Gasteiger partial charge in [0, 0.05) is 0 Å². The van der Waals surface area contributed by atoms with Crippen LogP contribution in [0.15, 0.2) is 60.7 Å². The van der Waals surface area contributed by atoms with Crippen LogP contribution in [0.3, 0.4) is 0 Å². The molecule has 0 atom stereocenters. The second-order valence-corrected chi connectivity index (χ2v) is 8.05. The monoisotopic (exact) mass is 428 g/mol. The molecule has 0 aliphatic carbocycles. The third-order valence-corrected chi connectivity index (χ3v) is 5.88. The van der Waals surface area contributed by atoms with Gasteiger partial charge in [0.05, 0.1) is 35.4 Å². The number of aromatic nitrogens is 2. The fourth-order valence-corrected chi connectivity index (χ4v) is 3.89. The van der Waals surface area contributed by atoms with E-state index in [1.165, 1.54) is 22.7 Å². The second kappa shape index (κ2) is 9.28. The Labute approximate surface area is 183 Å². The van der Waals surface area contributed by atoms with Crippen molar-refractivity contribution in [3.8, 4) is 45.2 Å². The van der Waals surface area contributed by atoms with Crippen molar-refractivity contribution in [2.45, 2.75) is 0 Å². The highest BCUT2D eigenvalue weighted by atomic mass is 32.1. The van der Waals surface area contributed by atoms with Crippen molar-refractivity contribution in [1.29, 1.82) is 0 Å². The van der Waals surface area contributed by atoms with Gasteiger partial charge < -0.3 is 9.47 Å². The molecular formula is C24H16N2O2S2. The number of rotatable bonds is 3. The molecule has 30 heavy (non-hydrogen) atoms. The number of pyridine rings is 2. The van der Waals surface area contributed by atoms with Crippen LogP contribution in [0.2, 0.25) is 0 Å². The van der Waals surface area contributed by atoms with Crippen molar-refractivity contribution >= 4 is 22.7 Å². The highest BCUT2D eigenvalue weighted by Gasteiger charge is 2.03. The van der Waals surface area contributed by atoms with E-state index in [-0.39, 0.29) is 0 Å². The van der Waals surface area contributed by atoms with E-state index < -0.39 is 0 Å². The molecular weight excluding hydrogens is 412 g/mol. The number of ether oxygens (including phenoxy) is 2. The molecule has 0 saturated carbocycles. The highest BCUT2D eigenvalue weighted by Crippen LogP contribution is 2.24. The van der Waals surface area contributed by atoms with E-state index >= 15 is 0 Å². The molecule has 0 N–H and O–H groups in total. The third-order valence-electron chi connectivity index (χ3n) is 3.95. The molecule has 4 rings (SSSR count). The smallest absolute Gasteiger partial charge is 0.174 e. The maximum atomic E-state index is 5.20. The van der Waals surface area contributed by atoms with Crippen LogP contribution in [0.1, 0.15) is 21.1 Å². The van der Waals surface area contributed by atoms with E-state index in [0.29, 0.717) is 11.4 Å². The summed E-state index contributed by atoms with van der Waals surface area (Å²) in [5, 5.41) is 1.67. The molecule has 0 saturated heterocycles. The second-order valence-electron chi connectivity index (χ2n) is 5.96. The summed E-state index contributed by atoms with van der Waals surface area (Å²) in [5.74, 6) is 12.5. The van der Waals surface area contributed by atoms with E-state index in [0.717, 1.165) is 31.3 Å². The van der Waals surface area contributed by atoms with E-state index in [1.54, 1.807) is 14.2 Å². The van der Waals surface area contributed by atoms with Crippen molar-refractivity contribution in [3.63, 3.8) is 0 Å².